The first-order valence-electron chi connectivity index (χ1n) is 11.5. The van der Waals surface area contributed by atoms with Crippen molar-refractivity contribution in [1.82, 2.24) is 14.5 Å². The van der Waals surface area contributed by atoms with E-state index in [1.807, 2.05) is 6.92 Å². The topological polar surface area (TPSA) is 47.6 Å². The summed E-state index contributed by atoms with van der Waals surface area (Å²) in [5, 5.41) is 5.68. The Morgan fingerprint density at radius 2 is 1.86 bits per heavy atom. The predicted molar refractivity (Wildman–Crippen MR) is 140 cm³/mol. The van der Waals surface area contributed by atoms with Gasteiger partial charge in [0, 0.05) is 61.6 Å². The van der Waals surface area contributed by atoms with Gasteiger partial charge in [-0.3, -0.25) is 9.69 Å². The number of hydrogen-bond donors (Lipinski definition) is 2. The maximum Gasteiger partial charge on any atom is 0.417 e. The van der Waals surface area contributed by atoms with Gasteiger partial charge < -0.3 is 10.6 Å². The van der Waals surface area contributed by atoms with Crippen LogP contribution in [0, 0.1) is 31.1 Å². The number of anilines is 1. The van der Waals surface area contributed by atoms with Crippen LogP contribution in [0.2, 0.25) is 0 Å². The van der Waals surface area contributed by atoms with Crippen molar-refractivity contribution < 1.29 is 18.0 Å². The van der Waals surface area contributed by atoms with Gasteiger partial charge >= 0.3 is 6.18 Å². The van der Waals surface area contributed by atoms with Crippen molar-refractivity contribution in [3.05, 3.63) is 64.2 Å². The van der Waals surface area contributed by atoms with Crippen molar-refractivity contribution >= 4 is 23.5 Å². The molecule has 9 heteroatoms. The molecule has 1 fully saturated rings. The lowest BCUT2D eigenvalue weighted by molar-refractivity contribution is -0.137. The van der Waals surface area contributed by atoms with Crippen LogP contribution in [0.25, 0.3) is 0 Å². The van der Waals surface area contributed by atoms with Crippen LogP contribution in [-0.2, 0) is 6.18 Å². The monoisotopic (exact) mass is 514 g/mol. The Morgan fingerprint density at radius 1 is 1.11 bits per heavy atom. The summed E-state index contributed by atoms with van der Waals surface area (Å²) in [6.07, 6.45) is 2.90. The molecule has 1 saturated heterocycles. The Kier molecular flexibility index (Phi) is 9.86. The highest BCUT2D eigenvalue weighted by Crippen LogP contribution is 2.33. The molecule has 2 N–H and O–H groups in total. The molecule has 0 atom stereocenters. The van der Waals surface area contributed by atoms with E-state index in [0.29, 0.717) is 12.1 Å². The van der Waals surface area contributed by atoms with E-state index in [-0.39, 0.29) is 23.4 Å². The first-order chi connectivity index (χ1) is 17.2. The minimum atomic E-state index is -4.61. The zero-order valence-corrected chi connectivity index (χ0v) is 21.2. The third kappa shape index (κ3) is 7.78. The van der Waals surface area contributed by atoms with Crippen molar-refractivity contribution in [3.8, 4) is 24.2 Å². The number of carbonyl (C=O) groups excluding carboxylic acids is 1. The minimum absolute atomic E-state index is 0.0282. The van der Waals surface area contributed by atoms with Gasteiger partial charge in [0.25, 0.3) is 5.91 Å². The van der Waals surface area contributed by atoms with E-state index < -0.39 is 17.6 Å². The van der Waals surface area contributed by atoms with Crippen LogP contribution in [0.5, 0.6) is 0 Å². The Hall–Kier alpha value is -2.95. The highest BCUT2D eigenvalue weighted by molar-refractivity contribution is 7.96. The molecule has 0 unspecified atom stereocenters. The number of alkyl halides is 3. The van der Waals surface area contributed by atoms with Gasteiger partial charge in [0.2, 0.25) is 0 Å². The van der Waals surface area contributed by atoms with E-state index in [9.17, 15) is 18.0 Å². The van der Waals surface area contributed by atoms with Gasteiger partial charge in [0.05, 0.1) is 12.1 Å². The molecule has 36 heavy (non-hydrogen) atoms. The number of carbonyl (C=O) groups is 1. The number of hydrogen-bond acceptors (Lipinski definition) is 5. The van der Waals surface area contributed by atoms with Crippen LogP contribution >= 0.6 is 11.9 Å². The van der Waals surface area contributed by atoms with Gasteiger partial charge in [-0.15, -0.1) is 6.42 Å². The molecule has 190 valence electrons. The third-order valence-corrected chi connectivity index (χ3v) is 6.75. The second kappa shape index (κ2) is 12.8. The normalized spacial score (nSPS) is 14.6. The minimum Gasteiger partial charge on any atom is -0.322 e. The molecule has 0 spiro atoms. The summed E-state index contributed by atoms with van der Waals surface area (Å²) in [5.41, 5.74) is 0.646. The molecule has 0 radical (unpaired) electrons. The van der Waals surface area contributed by atoms with E-state index in [1.165, 1.54) is 18.2 Å². The summed E-state index contributed by atoms with van der Waals surface area (Å²) >= 11 is 1.75. The van der Waals surface area contributed by atoms with Gasteiger partial charge in [-0.2, -0.15) is 13.2 Å². The Bertz CT molecular complexity index is 1170. The zero-order chi connectivity index (χ0) is 26.1. The third-order valence-electron chi connectivity index (χ3n) is 5.87. The van der Waals surface area contributed by atoms with Crippen molar-refractivity contribution in [3.63, 3.8) is 0 Å². The summed E-state index contributed by atoms with van der Waals surface area (Å²) in [6, 6.07) is 8.40. The van der Waals surface area contributed by atoms with E-state index in [4.69, 9.17) is 6.42 Å². The fourth-order valence-corrected chi connectivity index (χ4v) is 4.28. The van der Waals surface area contributed by atoms with Crippen LogP contribution in [0.1, 0.15) is 32.6 Å². The number of nitrogens with zero attached hydrogens (tertiary/aromatic N) is 2. The first kappa shape index (κ1) is 27.6. The molecule has 0 saturated carbocycles. The fraction of sp³-hybridized carbons (Fsp3) is 0.370. The van der Waals surface area contributed by atoms with Crippen LogP contribution in [-0.4, -0.2) is 67.2 Å². The molecule has 2 aromatic carbocycles. The van der Waals surface area contributed by atoms with Crippen LogP contribution < -0.4 is 10.6 Å². The smallest absolute Gasteiger partial charge is 0.322 e. The molecule has 1 amide bonds. The quantitative estimate of drug-likeness (QED) is 0.331. The fourth-order valence-electron chi connectivity index (χ4n) is 3.75. The summed E-state index contributed by atoms with van der Waals surface area (Å²) in [6.45, 7) is 7.73. The maximum absolute atomic E-state index is 13.7. The molecule has 3 rings (SSSR count). The number of benzene rings is 2. The number of aryl methyl sites for hydroxylation is 1. The average molecular weight is 515 g/mol. The molecule has 1 aliphatic heterocycles. The van der Waals surface area contributed by atoms with Crippen LogP contribution in [0.3, 0.4) is 0 Å². The van der Waals surface area contributed by atoms with Crippen molar-refractivity contribution in [2.75, 3.05) is 57.4 Å². The molecule has 0 aliphatic carbocycles. The molecular formula is C27H29F3N4OS. The van der Waals surface area contributed by atoms with Gasteiger partial charge in [-0.1, -0.05) is 35.8 Å². The molecule has 1 heterocycles. The van der Waals surface area contributed by atoms with Crippen molar-refractivity contribution in [1.29, 1.82) is 0 Å². The molecule has 5 nitrogen and oxygen atoms in total. The number of halogens is 3. The Labute approximate surface area is 214 Å². The van der Waals surface area contributed by atoms with Gasteiger partial charge in [0.1, 0.15) is 0 Å². The lowest BCUT2D eigenvalue weighted by Crippen LogP contribution is -2.45. The standard InChI is InChI=1S/C27H29F3N4OS/c1-4-21-18-23(8-7-20(21)2)26(35)32-24-10-9-22(25(19-24)27(28,29)30)6-5-11-31-12-13-33-14-16-34(36-3)17-15-33/h1,7-10,18-19,31H,11-17H2,2-3H3,(H,32,35). The molecular weight excluding hydrogens is 485 g/mol. The number of piperazine rings is 1. The van der Waals surface area contributed by atoms with E-state index >= 15 is 0 Å². The molecule has 0 aromatic heterocycles. The number of rotatable bonds is 7. The first-order valence-corrected chi connectivity index (χ1v) is 12.7. The molecule has 0 bridgehead atoms. The summed E-state index contributed by atoms with van der Waals surface area (Å²) in [5.74, 6) is 7.34. The largest absolute Gasteiger partial charge is 0.417 e. The van der Waals surface area contributed by atoms with Crippen LogP contribution in [0.4, 0.5) is 18.9 Å². The van der Waals surface area contributed by atoms with Crippen LogP contribution in [0.15, 0.2) is 36.4 Å². The maximum atomic E-state index is 13.7. The lowest BCUT2D eigenvalue weighted by Gasteiger charge is -2.33. The van der Waals surface area contributed by atoms with Gasteiger partial charge in [0.15, 0.2) is 0 Å². The number of terminal acetylenes is 1. The average Bonchev–Trinajstić information content (AvgIpc) is 2.86. The van der Waals surface area contributed by atoms with Gasteiger partial charge in [-0.25, -0.2) is 4.31 Å². The predicted octanol–water partition coefficient (Wildman–Crippen LogP) is 4.08. The number of amides is 1. The summed E-state index contributed by atoms with van der Waals surface area (Å²) in [7, 11) is 0. The highest BCUT2D eigenvalue weighted by Gasteiger charge is 2.33. The van der Waals surface area contributed by atoms with E-state index in [2.05, 4.69) is 43.9 Å². The zero-order valence-electron chi connectivity index (χ0n) is 20.3. The van der Waals surface area contributed by atoms with E-state index in [0.717, 1.165) is 44.4 Å². The lowest BCUT2D eigenvalue weighted by atomic mass is 10.0. The van der Waals surface area contributed by atoms with Crippen molar-refractivity contribution in [2.45, 2.75) is 13.1 Å². The Morgan fingerprint density at radius 3 is 2.53 bits per heavy atom. The SMILES string of the molecule is C#Cc1cc(C(=O)Nc2ccc(C#CCNCCN3CCN(SC)CC3)c(C(F)(F)F)c2)ccc1C. The summed E-state index contributed by atoms with van der Waals surface area (Å²) in [4.78, 5) is 14.9. The highest BCUT2D eigenvalue weighted by atomic mass is 32.2. The van der Waals surface area contributed by atoms with E-state index in [1.54, 1.807) is 24.1 Å². The van der Waals surface area contributed by atoms with Gasteiger partial charge in [-0.05, 0) is 49.1 Å². The molecule has 2 aromatic rings. The molecule has 1 aliphatic rings. The Balaban J connectivity index is 1.59. The summed E-state index contributed by atoms with van der Waals surface area (Å²) < 4.78 is 43.4. The van der Waals surface area contributed by atoms with Crippen molar-refractivity contribution in [2.24, 2.45) is 0 Å². The second-order valence-electron chi connectivity index (χ2n) is 8.32. The number of nitrogens with one attached hydrogen (secondary N) is 2. The second-order valence-corrected chi connectivity index (χ2v) is 9.20.